The van der Waals surface area contributed by atoms with E-state index in [9.17, 15) is 5.11 Å². The van der Waals surface area contributed by atoms with E-state index in [0.29, 0.717) is 24.9 Å². The molecule has 1 fully saturated rings. The first kappa shape index (κ1) is 17.1. The van der Waals surface area contributed by atoms with Crippen molar-refractivity contribution in [3.63, 3.8) is 0 Å². The highest BCUT2D eigenvalue weighted by molar-refractivity contribution is 5.17. The predicted octanol–water partition coefficient (Wildman–Crippen LogP) is 3.53. The Morgan fingerprint density at radius 1 is 1.25 bits per heavy atom. The standard InChI is InChI=1S/C19H27N3O2/c1-19(2,3)13-22(11-16(23)14-7-5-4-6-8-14)12-17-20-18(21-24-17)15-9-10-15/h4-8,15-16,23H,9-13H2,1-3H3. The van der Waals surface area contributed by atoms with Gasteiger partial charge in [-0.3, -0.25) is 4.90 Å². The summed E-state index contributed by atoms with van der Waals surface area (Å²) in [6.07, 6.45) is 1.80. The molecular weight excluding hydrogens is 302 g/mol. The Morgan fingerprint density at radius 3 is 2.58 bits per heavy atom. The van der Waals surface area contributed by atoms with Crippen LogP contribution in [0.25, 0.3) is 0 Å². The van der Waals surface area contributed by atoms with Crippen molar-refractivity contribution >= 4 is 0 Å². The average Bonchev–Trinajstić information content (AvgIpc) is 3.27. The lowest BCUT2D eigenvalue weighted by Crippen LogP contribution is -2.35. The Labute approximate surface area is 143 Å². The van der Waals surface area contributed by atoms with Gasteiger partial charge in [-0.05, 0) is 23.8 Å². The first-order valence-corrected chi connectivity index (χ1v) is 8.68. The lowest BCUT2D eigenvalue weighted by atomic mass is 9.95. The summed E-state index contributed by atoms with van der Waals surface area (Å²) in [6, 6.07) is 9.77. The molecule has 0 saturated heterocycles. The molecule has 5 nitrogen and oxygen atoms in total. The molecule has 5 heteroatoms. The monoisotopic (exact) mass is 329 g/mol. The third-order valence-corrected chi connectivity index (χ3v) is 4.10. The quantitative estimate of drug-likeness (QED) is 0.842. The van der Waals surface area contributed by atoms with E-state index in [1.54, 1.807) is 0 Å². The summed E-state index contributed by atoms with van der Waals surface area (Å²) in [4.78, 5) is 6.72. The van der Waals surface area contributed by atoms with Gasteiger partial charge in [0.25, 0.3) is 0 Å². The molecule has 0 amide bonds. The van der Waals surface area contributed by atoms with Crippen molar-refractivity contribution in [2.24, 2.45) is 5.41 Å². The fourth-order valence-electron chi connectivity index (χ4n) is 2.91. The third kappa shape index (κ3) is 4.89. The summed E-state index contributed by atoms with van der Waals surface area (Å²) in [5.41, 5.74) is 1.05. The van der Waals surface area contributed by atoms with Crippen molar-refractivity contribution in [1.82, 2.24) is 15.0 Å². The summed E-state index contributed by atoms with van der Waals surface area (Å²) < 4.78 is 5.41. The number of rotatable bonds is 7. The lowest BCUT2D eigenvalue weighted by molar-refractivity contribution is 0.0802. The van der Waals surface area contributed by atoms with E-state index >= 15 is 0 Å². The molecule has 0 bridgehead atoms. The van der Waals surface area contributed by atoms with Crippen molar-refractivity contribution in [1.29, 1.82) is 0 Å². The summed E-state index contributed by atoms with van der Waals surface area (Å²) in [7, 11) is 0. The van der Waals surface area contributed by atoms with Gasteiger partial charge in [-0.15, -0.1) is 0 Å². The molecule has 2 aromatic rings. The second-order valence-corrected chi connectivity index (χ2v) is 7.98. The minimum Gasteiger partial charge on any atom is -0.387 e. The molecule has 1 aromatic heterocycles. The smallest absolute Gasteiger partial charge is 0.240 e. The normalized spacial score (nSPS) is 16.5. The van der Waals surface area contributed by atoms with E-state index in [0.717, 1.165) is 30.8 Å². The molecular formula is C19H27N3O2. The van der Waals surface area contributed by atoms with Gasteiger partial charge in [-0.25, -0.2) is 0 Å². The van der Waals surface area contributed by atoms with E-state index < -0.39 is 6.10 Å². The van der Waals surface area contributed by atoms with E-state index in [2.05, 4.69) is 35.8 Å². The molecule has 24 heavy (non-hydrogen) atoms. The average molecular weight is 329 g/mol. The summed E-state index contributed by atoms with van der Waals surface area (Å²) in [5, 5.41) is 14.7. The van der Waals surface area contributed by atoms with Crippen LogP contribution in [0.1, 0.15) is 62.9 Å². The second-order valence-electron chi connectivity index (χ2n) is 7.98. The number of benzene rings is 1. The number of hydrogen-bond donors (Lipinski definition) is 1. The van der Waals surface area contributed by atoms with Gasteiger partial charge in [0.05, 0.1) is 12.6 Å². The van der Waals surface area contributed by atoms with Gasteiger partial charge in [0.1, 0.15) is 0 Å². The molecule has 3 rings (SSSR count). The minimum atomic E-state index is -0.528. The van der Waals surface area contributed by atoms with E-state index in [1.807, 2.05) is 30.3 Å². The molecule has 0 aliphatic heterocycles. The number of aliphatic hydroxyl groups excluding tert-OH is 1. The zero-order valence-electron chi connectivity index (χ0n) is 14.8. The molecule has 0 radical (unpaired) electrons. The SMILES string of the molecule is CC(C)(C)CN(Cc1nc(C2CC2)no1)CC(O)c1ccccc1. The Kier molecular flexibility index (Phi) is 5.01. The molecule has 130 valence electrons. The Balaban J connectivity index is 1.67. The molecule has 1 saturated carbocycles. The van der Waals surface area contributed by atoms with Crippen LogP contribution in [-0.2, 0) is 6.54 Å². The molecule has 1 heterocycles. The van der Waals surface area contributed by atoms with Gasteiger partial charge in [0, 0.05) is 19.0 Å². The molecule has 1 aliphatic carbocycles. The van der Waals surface area contributed by atoms with Crippen LogP contribution < -0.4 is 0 Å². The van der Waals surface area contributed by atoms with Crippen LogP contribution in [0, 0.1) is 5.41 Å². The number of aliphatic hydroxyl groups is 1. The highest BCUT2D eigenvalue weighted by Gasteiger charge is 2.29. The Hall–Kier alpha value is -1.72. The van der Waals surface area contributed by atoms with Crippen LogP contribution in [0.2, 0.25) is 0 Å². The maximum absolute atomic E-state index is 10.6. The van der Waals surface area contributed by atoms with Gasteiger partial charge in [0.15, 0.2) is 5.82 Å². The van der Waals surface area contributed by atoms with E-state index in [-0.39, 0.29) is 5.41 Å². The fourth-order valence-corrected chi connectivity index (χ4v) is 2.91. The number of nitrogens with zero attached hydrogens (tertiary/aromatic N) is 3. The van der Waals surface area contributed by atoms with Crippen LogP contribution in [0.15, 0.2) is 34.9 Å². The summed E-state index contributed by atoms with van der Waals surface area (Å²) in [6.45, 7) is 8.54. The van der Waals surface area contributed by atoms with Crippen molar-refractivity contribution in [3.05, 3.63) is 47.6 Å². The third-order valence-electron chi connectivity index (χ3n) is 4.10. The first-order chi connectivity index (χ1) is 11.4. The van der Waals surface area contributed by atoms with Gasteiger partial charge in [0.2, 0.25) is 5.89 Å². The molecule has 1 aliphatic rings. The van der Waals surface area contributed by atoms with Crippen LogP contribution in [0.5, 0.6) is 0 Å². The minimum absolute atomic E-state index is 0.121. The van der Waals surface area contributed by atoms with Crippen molar-refractivity contribution in [3.8, 4) is 0 Å². The maximum atomic E-state index is 10.6. The highest BCUT2D eigenvalue weighted by Crippen LogP contribution is 2.38. The molecule has 1 atom stereocenters. The lowest BCUT2D eigenvalue weighted by Gasteiger charge is -2.30. The van der Waals surface area contributed by atoms with Crippen LogP contribution in [-0.4, -0.2) is 33.2 Å². The van der Waals surface area contributed by atoms with Crippen LogP contribution in [0.4, 0.5) is 0 Å². The topological polar surface area (TPSA) is 62.4 Å². The van der Waals surface area contributed by atoms with Crippen molar-refractivity contribution in [2.75, 3.05) is 13.1 Å². The summed E-state index contributed by atoms with van der Waals surface area (Å²) >= 11 is 0. The molecule has 1 N–H and O–H groups in total. The highest BCUT2D eigenvalue weighted by atomic mass is 16.5. The van der Waals surface area contributed by atoms with Crippen LogP contribution >= 0.6 is 0 Å². The van der Waals surface area contributed by atoms with Gasteiger partial charge in [-0.1, -0.05) is 56.3 Å². The number of aromatic nitrogens is 2. The Bertz CT molecular complexity index is 644. The molecule has 1 aromatic carbocycles. The van der Waals surface area contributed by atoms with Crippen molar-refractivity contribution in [2.45, 2.75) is 52.2 Å². The largest absolute Gasteiger partial charge is 0.387 e. The fraction of sp³-hybridized carbons (Fsp3) is 0.579. The summed E-state index contributed by atoms with van der Waals surface area (Å²) in [5.74, 6) is 1.97. The van der Waals surface area contributed by atoms with E-state index in [1.165, 1.54) is 0 Å². The zero-order chi connectivity index (χ0) is 17.2. The molecule has 0 spiro atoms. The van der Waals surface area contributed by atoms with Gasteiger partial charge >= 0.3 is 0 Å². The van der Waals surface area contributed by atoms with Gasteiger partial charge < -0.3 is 9.63 Å². The van der Waals surface area contributed by atoms with Gasteiger partial charge in [-0.2, -0.15) is 4.98 Å². The number of hydrogen-bond acceptors (Lipinski definition) is 5. The zero-order valence-corrected chi connectivity index (χ0v) is 14.8. The first-order valence-electron chi connectivity index (χ1n) is 8.68. The van der Waals surface area contributed by atoms with E-state index in [4.69, 9.17) is 4.52 Å². The Morgan fingerprint density at radius 2 is 1.96 bits per heavy atom. The van der Waals surface area contributed by atoms with Crippen LogP contribution in [0.3, 0.4) is 0 Å². The maximum Gasteiger partial charge on any atom is 0.240 e. The predicted molar refractivity (Wildman–Crippen MR) is 92.4 cm³/mol. The molecule has 1 unspecified atom stereocenters. The van der Waals surface area contributed by atoms with Crippen molar-refractivity contribution < 1.29 is 9.63 Å². The second kappa shape index (κ2) is 7.03.